The molecular weight excluding hydrogens is 337 g/mol. The molecule has 0 atom stereocenters. The van der Waals surface area contributed by atoms with Crippen LogP contribution in [-0.2, 0) is 1.41 Å². The van der Waals surface area contributed by atoms with Gasteiger partial charge in [-0.1, -0.05) is 0 Å². The summed E-state index contributed by atoms with van der Waals surface area (Å²) in [5.74, 6) is 0. The maximum absolute atomic E-state index is 5.97. The quantitative estimate of drug-likeness (QED) is 0.692. The van der Waals surface area contributed by atoms with Crippen LogP contribution in [0.3, 0.4) is 0 Å². The minimum atomic E-state index is -2.29. The first-order valence-electron chi connectivity index (χ1n) is 2.78. The van der Waals surface area contributed by atoms with Gasteiger partial charge in [-0.25, -0.2) is 0 Å². The van der Waals surface area contributed by atoms with Crippen molar-refractivity contribution in [3.05, 3.63) is 0 Å². The first kappa shape index (κ1) is 9.85. The van der Waals surface area contributed by atoms with Crippen molar-refractivity contribution in [1.29, 1.82) is 0 Å². The minimum absolute atomic E-state index is 1.42. The van der Waals surface area contributed by atoms with Crippen LogP contribution in [0.2, 0.25) is 19.8 Å². The van der Waals surface area contributed by atoms with E-state index < -0.39 is 37.8 Å². The van der Waals surface area contributed by atoms with Gasteiger partial charge in [0.1, 0.15) is 0 Å². The molecule has 0 aromatic rings. The molecule has 0 amide bonds. The molecule has 0 fully saturated rings. The van der Waals surface area contributed by atoms with Crippen LogP contribution in [0.15, 0.2) is 0 Å². The molecule has 0 spiro atoms. The van der Waals surface area contributed by atoms with Crippen molar-refractivity contribution < 1.29 is 1.41 Å². The Bertz CT molecular complexity index is 68.9. The van der Waals surface area contributed by atoms with Crippen molar-refractivity contribution in [1.82, 2.24) is 0 Å². The van der Waals surface area contributed by atoms with Gasteiger partial charge < -0.3 is 0 Å². The second-order valence-electron chi connectivity index (χ2n) is 2.53. The SMILES string of the molecule is [CH3][SnH]([CH3])[O][Sn]([CH3])([CH3])[Cl]. The predicted molar refractivity (Wildman–Crippen MR) is 43.3 cm³/mol. The third-order valence-corrected chi connectivity index (χ3v) is 27.2. The van der Waals surface area contributed by atoms with Crippen LogP contribution in [0.5, 0.6) is 0 Å². The molecule has 0 bridgehead atoms. The average Bonchev–Trinajstić information content (AvgIpc) is 1.21. The Hall–Kier alpha value is 1.85. The molecule has 0 saturated carbocycles. The first-order chi connectivity index (χ1) is 3.42. The summed E-state index contributed by atoms with van der Waals surface area (Å²) in [6.45, 7) is 0. The fraction of sp³-hybridized carbons (Fsp3) is 1.00. The first-order valence-corrected chi connectivity index (χ1v) is 21.2. The molecule has 0 aromatic heterocycles. The summed E-state index contributed by atoms with van der Waals surface area (Å²) in [5, 5.41) is 0. The summed E-state index contributed by atoms with van der Waals surface area (Å²) in [6.07, 6.45) is 0. The summed E-state index contributed by atoms with van der Waals surface area (Å²) in [5.41, 5.74) is 0. The van der Waals surface area contributed by atoms with Crippen molar-refractivity contribution >= 4 is 46.8 Å². The van der Waals surface area contributed by atoms with Gasteiger partial charge in [0.15, 0.2) is 0 Å². The summed E-state index contributed by atoms with van der Waals surface area (Å²) in [6, 6.07) is 0. The van der Waals surface area contributed by atoms with Crippen LogP contribution in [0.1, 0.15) is 0 Å². The topological polar surface area (TPSA) is 9.23 Å². The second-order valence-corrected chi connectivity index (χ2v) is 27.6. The van der Waals surface area contributed by atoms with Crippen molar-refractivity contribution in [2.75, 3.05) is 0 Å². The van der Waals surface area contributed by atoms with E-state index in [0.29, 0.717) is 0 Å². The van der Waals surface area contributed by atoms with E-state index >= 15 is 0 Å². The third kappa shape index (κ3) is 7.85. The van der Waals surface area contributed by atoms with E-state index in [-0.39, 0.29) is 0 Å². The third-order valence-electron chi connectivity index (χ3n) is 0.516. The Kier molecular flexibility index (Phi) is 4.78. The molecule has 0 radical (unpaired) electrons. The van der Waals surface area contributed by atoms with Gasteiger partial charge in [-0.2, -0.15) is 0 Å². The van der Waals surface area contributed by atoms with E-state index in [0.717, 1.165) is 0 Å². The standard InChI is InChI=1S/4CH3.ClH.O.2Sn.H/h4*1H3;1H;;;;/q;;;;;;;+1;/p-1. The maximum atomic E-state index is 5.97. The van der Waals surface area contributed by atoms with E-state index in [1.165, 1.54) is 0 Å². The van der Waals surface area contributed by atoms with E-state index in [2.05, 4.69) is 19.8 Å². The van der Waals surface area contributed by atoms with Gasteiger partial charge in [0.05, 0.1) is 0 Å². The Morgan fingerprint density at radius 1 is 1.38 bits per heavy atom. The molecule has 0 unspecified atom stereocenters. The van der Waals surface area contributed by atoms with Gasteiger partial charge in [-0.05, 0) is 0 Å². The molecule has 0 aliphatic carbocycles. The molecule has 0 aromatic carbocycles. The summed E-state index contributed by atoms with van der Waals surface area (Å²) >= 11 is -3.71. The van der Waals surface area contributed by atoms with Crippen LogP contribution in [0.4, 0.5) is 0 Å². The predicted octanol–water partition coefficient (Wildman–Crippen LogP) is 1.93. The van der Waals surface area contributed by atoms with Crippen molar-refractivity contribution in [3.63, 3.8) is 0 Å². The summed E-state index contributed by atoms with van der Waals surface area (Å²) < 4.78 is 5.62. The normalized spacial score (nSPS) is 12.8. The zero-order chi connectivity index (χ0) is 6.78. The van der Waals surface area contributed by atoms with E-state index in [9.17, 15) is 0 Å². The van der Waals surface area contributed by atoms with Crippen molar-refractivity contribution in [2.45, 2.75) is 19.8 Å². The average molecular weight is 350 g/mol. The van der Waals surface area contributed by atoms with Crippen LogP contribution in [-0.4, -0.2) is 37.8 Å². The van der Waals surface area contributed by atoms with Gasteiger partial charge in [-0.3, -0.25) is 0 Å². The molecule has 4 heteroatoms. The fourth-order valence-corrected chi connectivity index (χ4v) is 33.2. The van der Waals surface area contributed by atoms with Crippen LogP contribution in [0, 0.1) is 0 Å². The number of hydrogen-bond donors (Lipinski definition) is 0. The van der Waals surface area contributed by atoms with E-state index in [4.69, 9.17) is 10.3 Å². The number of halogens is 1. The Balaban J connectivity index is 3.39. The van der Waals surface area contributed by atoms with Gasteiger partial charge in [0, 0.05) is 0 Å². The van der Waals surface area contributed by atoms with Gasteiger partial charge in [-0.15, -0.1) is 0 Å². The molecular formula is C4H13ClOSn2. The number of hydrogen-bond acceptors (Lipinski definition) is 1. The van der Waals surface area contributed by atoms with Crippen LogP contribution < -0.4 is 0 Å². The Morgan fingerprint density at radius 2 is 1.75 bits per heavy atom. The Labute approximate surface area is 67.2 Å². The molecule has 0 aliphatic rings. The molecule has 0 heterocycles. The number of rotatable bonds is 2. The molecule has 0 N–H and O–H groups in total. The molecule has 1 nitrogen and oxygen atoms in total. The summed E-state index contributed by atoms with van der Waals surface area (Å²) in [4.78, 5) is 8.63. The van der Waals surface area contributed by atoms with Crippen LogP contribution >= 0.6 is 8.92 Å². The van der Waals surface area contributed by atoms with E-state index in [1.54, 1.807) is 0 Å². The van der Waals surface area contributed by atoms with Gasteiger partial charge in [0.2, 0.25) is 0 Å². The molecule has 0 aliphatic heterocycles. The Morgan fingerprint density at radius 3 is 1.75 bits per heavy atom. The zero-order valence-corrected chi connectivity index (χ0v) is 12.8. The monoisotopic (exact) mass is 352 g/mol. The summed E-state index contributed by atoms with van der Waals surface area (Å²) in [7, 11) is 5.97. The van der Waals surface area contributed by atoms with Crippen molar-refractivity contribution in [3.8, 4) is 0 Å². The van der Waals surface area contributed by atoms with E-state index in [1.807, 2.05) is 0 Å². The molecule has 0 saturated heterocycles. The van der Waals surface area contributed by atoms with Crippen molar-refractivity contribution in [2.24, 2.45) is 0 Å². The molecule has 8 heavy (non-hydrogen) atoms. The zero-order valence-electron chi connectivity index (χ0n) is 5.86. The van der Waals surface area contributed by atoms with Gasteiger partial charge >= 0.3 is 67.9 Å². The molecule has 50 valence electrons. The van der Waals surface area contributed by atoms with Gasteiger partial charge in [0.25, 0.3) is 0 Å². The fourth-order valence-electron chi connectivity index (χ4n) is 0.560. The molecule has 0 rings (SSSR count). The second kappa shape index (κ2) is 3.88. The van der Waals surface area contributed by atoms with Crippen LogP contribution in [0.25, 0.3) is 0 Å².